The summed E-state index contributed by atoms with van der Waals surface area (Å²) in [4.78, 5) is 1.38. The van der Waals surface area contributed by atoms with Crippen LogP contribution in [-0.2, 0) is 0 Å². The van der Waals surface area contributed by atoms with Crippen molar-refractivity contribution in [3.05, 3.63) is 29.8 Å². The summed E-state index contributed by atoms with van der Waals surface area (Å²) in [5.74, 6) is 0. The third-order valence-corrected chi connectivity index (χ3v) is 3.33. The Morgan fingerprint density at radius 1 is 1.23 bits per heavy atom. The third-order valence-electron chi connectivity index (χ3n) is 2.38. The molecule has 2 heteroatoms. The van der Waals surface area contributed by atoms with Crippen molar-refractivity contribution in [2.24, 2.45) is 5.41 Å². The summed E-state index contributed by atoms with van der Waals surface area (Å²) >= 11 is 1.75. The van der Waals surface area contributed by atoms with Gasteiger partial charge in [-0.1, -0.05) is 39.0 Å². The molecule has 70 valence electrons. The summed E-state index contributed by atoms with van der Waals surface area (Å²) in [5.41, 5.74) is 1.74. The first-order valence-corrected chi connectivity index (χ1v) is 5.42. The van der Waals surface area contributed by atoms with Gasteiger partial charge in [0, 0.05) is 10.9 Å². The lowest BCUT2D eigenvalue weighted by Crippen LogP contribution is -2.24. The van der Waals surface area contributed by atoms with Gasteiger partial charge in [0.1, 0.15) is 0 Å². The number of nitrogens with one attached hydrogen (secondary N) is 1. The maximum atomic E-state index is 3.48. The fourth-order valence-electron chi connectivity index (χ4n) is 1.64. The van der Waals surface area contributed by atoms with Crippen LogP contribution in [-0.4, -0.2) is 0 Å². The van der Waals surface area contributed by atoms with Crippen LogP contribution in [0, 0.1) is 5.41 Å². The minimum absolute atomic E-state index is 0.291. The normalized spacial score (nSPS) is 21.6. The minimum atomic E-state index is 0.291. The van der Waals surface area contributed by atoms with Crippen molar-refractivity contribution < 1.29 is 0 Å². The Hall–Kier alpha value is -0.470. The molecule has 0 spiro atoms. The molecule has 1 heterocycles. The van der Waals surface area contributed by atoms with Crippen LogP contribution in [0.25, 0.3) is 0 Å². The fourth-order valence-corrected chi connectivity index (χ4v) is 2.82. The smallest absolute Gasteiger partial charge is 0.0484 e. The van der Waals surface area contributed by atoms with Crippen LogP contribution < -0.4 is 4.72 Å². The molecule has 1 aromatic carbocycles. The van der Waals surface area contributed by atoms with E-state index in [9.17, 15) is 0 Å². The molecule has 1 aliphatic rings. The van der Waals surface area contributed by atoms with E-state index in [1.807, 2.05) is 0 Å². The Kier molecular flexibility index (Phi) is 2.12. The van der Waals surface area contributed by atoms with Crippen LogP contribution in [0.5, 0.6) is 0 Å². The molecular weight excluding hydrogens is 178 g/mol. The van der Waals surface area contributed by atoms with E-state index >= 15 is 0 Å². The third kappa shape index (κ3) is 1.61. The Bertz CT molecular complexity index is 314. The van der Waals surface area contributed by atoms with Crippen molar-refractivity contribution in [2.45, 2.75) is 31.7 Å². The molecule has 1 unspecified atom stereocenters. The summed E-state index contributed by atoms with van der Waals surface area (Å²) in [6, 6.07) is 9.09. The highest BCUT2D eigenvalue weighted by Gasteiger charge is 2.32. The Labute approximate surface area is 84.1 Å². The van der Waals surface area contributed by atoms with Crippen LogP contribution in [0.4, 0.5) is 0 Å². The van der Waals surface area contributed by atoms with Crippen molar-refractivity contribution in [1.82, 2.24) is 4.72 Å². The lowest BCUT2D eigenvalue weighted by Gasteiger charge is -2.27. The van der Waals surface area contributed by atoms with E-state index in [1.54, 1.807) is 11.9 Å². The van der Waals surface area contributed by atoms with Crippen LogP contribution in [0.15, 0.2) is 29.2 Å². The van der Waals surface area contributed by atoms with Gasteiger partial charge in [0.2, 0.25) is 0 Å². The van der Waals surface area contributed by atoms with Gasteiger partial charge in [-0.25, -0.2) is 0 Å². The largest absolute Gasteiger partial charge is 0.252 e. The molecule has 1 N–H and O–H groups in total. The van der Waals surface area contributed by atoms with E-state index in [4.69, 9.17) is 0 Å². The summed E-state index contributed by atoms with van der Waals surface area (Å²) in [6.45, 7) is 6.81. The maximum Gasteiger partial charge on any atom is 0.0484 e. The zero-order valence-electron chi connectivity index (χ0n) is 8.29. The molecule has 0 saturated heterocycles. The summed E-state index contributed by atoms with van der Waals surface area (Å²) in [6.07, 6.45) is 0. The van der Waals surface area contributed by atoms with Gasteiger partial charge >= 0.3 is 0 Å². The van der Waals surface area contributed by atoms with Crippen LogP contribution in [0.2, 0.25) is 0 Å². The van der Waals surface area contributed by atoms with Crippen molar-refractivity contribution >= 4 is 11.9 Å². The van der Waals surface area contributed by atoms with Gasteiger partial charge in [-0.05, 0) is 29.0 Å². The Balaban J connectivity index is 2.39. The highest BCUT2D eigenvalue weighted by Crippen LogP contribution is 2.43. The molecule has 0 radical (unpaired) electrons. The molecule has 13 heavy (non-hydrogen) atoms. The first-order chi connectivity index (χ1) is 6.09. The second kappa shape index (κ2) is 3.03. The van der Waals surface area contributed by atoms with E-state index < -0.39 is 0 Å². The molecule has 0 aliphatic carbocycles. The molecule has 2 rings (SSSR count). The molecule has 1 aromatic rings. The van der Waals surface area contributed by atoms with E-state index in [0.717, 1.165) is 0 Å². The van der Waals surface area contributed by atoms with Crippen molar-refractivity contribution in [2.75, 3.05) is 0 Å². The maximum absolute atomic E-state index is 3.48. The van der Waals surface area contributed by atoms with Gasteiger partial charge in [0.05, 0.1) is 0 Å². The van der Waals surface area contributed by atoms with Crippen molar-refractivity contribution in [1.29, 1.82) is 0 Å². The van der Waals surface area contributed by atoms with Crippen LogP contribution >= 0.6 is 11.9 Å². The SMILES string of the molecule is CC(C)(C)C1NSc2ccccc21. The predicted molar refractivity (Wildman–Crippen MR) is 57.6 cm³/mol. The Morgan fingerprint density at radius 2 is 1.92 bits per heavy atom. The van der Waals surface area contributed by atoms with Gasteiger partial charge in [-0.15, -0.1) is 0 Å². The molecule has 1 atom stereocenters. The first-order valence-electron chi connectivity index (χ1n) is 4.60. The van der Waals surface area contributed by atoms with E-state index in [0.29, 0.717) is 11.5 Å². The summed E-state index contributed by atoms with van der Waals surface area (Å²) < 4.78 is 3.48. The molecule has 0 fully saturated rings. The number of benzene rings is 1. The second-order valence-corrected chi connectivity index (χ2v) is 5.44. The second-order valence-electron chi connectivity index (χ2n) is 4.56. The van der Waals surface area contributed by atoms with Crippen LogP contribution in [0.3, 0.4) is 0 Å². The highest BCUT2D eigenvalue weighted by molar-refractivity contribution is 7.97. The topological polar surface area (TPSA) is 12.0 Å². The molecule has 0 aromatic heterocycles. The van der Waals surface area contributed by atoms with E-state index in [2.05, 4.69) is 49.8 Å². The summed E-state index contributed by atoms with van der Waals surface area (Å²) in [5, 5.41) is 0. The summed E-state index contributed by atoms with van der Waals surface area (Å²) in [7, 11) is 0. The van der Waals surface area contributed by atoms with Gasteiger partial charge in [0.25, 0.3) is 0 Å². The Morgan fingerprint density at radius 3 is 2.62 bits per heavy atom. The zero-order chi connectivity index (χ0) is 9.47. The predicted octanol–water partition coefficient (Wildman–Crippen LogP) is 3.38. The van der Waals surface area contributed by atoms with Crippen molar-refractivity contribution in [3.8, 4) is 0 Å². The van der Waals surface area contributed by atoms with E-state index in [1.165, 1.54) is 10.5 Å². The molecule has 1 nitrogen and oxygen atoms in total. The molecule has 0 amide bonds. The number of fused-ring (bicyclic) bond motifs is 1. The monoisotopic (exact) mass is 193 g/mol. The van der Waals surface area contributed by atoms with Gasteiger partial charge in [-0.2, -0.15) is 0 Å². The fraction of sp³-hybridized carbons (Fsp3) is 0.455. The molecule has 0 saturated carbocycles. The zero-order valence-corrected chi connectivity index (χ0v) is 9.11. The van der Waals surface area contributed by atoms with E-state index in [-0.39, 0.29) is 0 Å². The molecular formula is C11H15NS. The molecule has 0 bridgehead atoms. The van der Waals surface area contributed by atoms with Crippen molar-refractivity contribution in [3.63, 3.8) is 0 Å². The average Bonchev–Trinajstić information content (AvgIpc) is 2.45. The van der Waals surface area contributed by atoms with Gasteiger partial charge < -0.3 is 0 Å². The standard InChI is InChI=1S/C11H15NS/c1-11(2,3)10-8-6-4-5-7-9(8)13-12-10/h4-7,10,12H,1-3H3. The van der Waals surface area contributed by atoms with Gasteiger partial charge in [-0.3, -0.25) is 4.72 Å². The molecule has 1 aliphatic heterocycles. The minimum Gasteiger partial charge on any atom is -0.252 e. The highest BCUT2D eigenvalue weighted by atomic mass is 32.2. The van der Waals surface area contributed by atoms with Gasteiger partial charge in [0.15, 0.2) is 0 Å². The number of rotatable bonds is 0. The quantitative estimate of drug-likeness (QED) is 0.634. The number of hydrogen-bond acceptors (Lipinski definition) is 2. The lowest BCUT2D eigenvalue weighted by atomic mass is 9.83. The average molecular weight is 193 g/mol. The van der Waals surface area contributed by atoms with Crippen LogP contribution in [0.1, 0.15) is 32.4 Å². The lowest BCUT2D eigenvalue weighted by molar-refractivity contribution is 0.313. The number of hydrogen-bond donors (Lipinski definition) is 1. The first kappa shape index (κ1) is 9.10.